The second-order valence-electron chi connectivity index (χ2n) is 8.02. The van der Waals surface area contributed by atoms with Crippen LogP contribution < -0.4 is 5.32 Å². The van der Waals surface area contributed by atoms with E-state index < -0.39 is 0 Å². The predicted molar refractivity (Wildman–Crippen MR) is 87.3 cm³/mol. The highest BCUT2D eigenvalue weighted by Gasteiger charge is 2.41. The average Bonchev–Trinajstić information content (AvgIpc) is 2.47. The van der Waals surface area contributed by atoms with Crippen molar-refractivity contribution in [2.24, 2.45) is 17.8 Å². The van der Waals surface area contributed by atoms with Gasteiger partial charge in [0, 0.05) is 37.8 Å². The molecule has 2 N–H and O–H groups in total. The minimum Gasteiger partial charge on any atom is -0.396 e. The lowest BCUT2D eigenvalue weighted by Gasteiger charge is -2.51. The smallest absolute Gasteiger partial charge is 0.0474 e. The van der Waals surface area contributed by atoms with Crippen LogP contribution in [0.5, 0.6) is 0 Å². The summed E-state index contributed by atoms with van der Waals surface area (Å²) < 4.78 is 0. The molecule has 3 aliphatic rings. The molecule has 0 radical (unpaired) electrons. The highest BCUT2D eigenvalue weighted by molar-refractivity contribution is 4.97. The Balaban J connectivity index is 1.64. The summed E-state index contributed by atoms with van der Waals surface area (Å²) in [6.45, 7) is 7.61. The highest BCUT2D eigenvalue weighted by Crippen LogP contribution is 2.37. The molecule has 0 aromatic heterocycles. The molecule has 4 unspecified atom stereocenters. The van der Waals surface area contributed by atoms with Gasteiger partial charge in [0.05, 0.1) is 0 Å². The maximum absolute atomic E-state index is 9.66. The summed E-state index contributed by atoms with van der Waals surface area (Å²) in [5.41, 5.74) is 0. The van der Waals surface area contributed by atoms with Gasteiger partial charge < -0.3 is 15.3 Å². The number of fused-ring (bicyclic) bond motifs is 2. The number of aliphatic hydroxyl groups excluding tert-OH is 1. The van der Waals surface area contributed by atoms with Gasteiger partial charge in [0.1, 0.15) is 0 Å². The molecule has 2 aliphatic carbocycles. The average molecular weight is 294 g/mol. The Bertz CT molecular complexity index is 319. The van der Waals surface area contributed by atoms with Gasteiger partial charge in [-0.05, 0) is 57.3 Å². The zero-order valence-electron chi connectivity index (χ0n) is 13.9. The zero-order chi connectivity index (χ0) is 14.8. The van der Waals surface area contributed by atoms with Crippen LogP contribution in [0.3, 0.4) is 0 Å². The Kier molecular flexibility index (Phi) is 5.23. The van der Waals surface area contributed by atoms with Crippen molar-refractivity contribution in [3.63, 3.8) is 0 Å². The monoisotopic (exact) mass is 294 g/mol. The van der Waals surface area contributed by atoms with Crippen LogP contribution in [-0.2, 0) is 0 Å². The minimum atomic E-state index is 0.373. The molecule has 0 aromatic carbocycles. The summed E-state index contributed by atoms with van der Waals surface area (Å²) >= 11 is 0. The van der Waals surface area contributed by atoms with Crippen LogP contribution in [0.2, 0.25) is 0 Å². The molecule has 4 atom stereocenters. The van der Waals surface area contributed by atoms with Crippen LogP contribution in [0.4, 0.5) is 0 Å². The molecule has 0 spiro atoms. The summed E-state index contributed by atoms with van der Waals surface area (Å²) in [7, 11) is 0. The number of hydrogen-bond acceptors (Lipinski definition) is 3. The summed E-state index contributed by atoms with van der Waals surface area (Å²) in [4.78, 5) is 2.69. The zero-order valence-corrected chi connectivity index (χ0v) is 13.9. The van der Waals surface area contributed by atoms with Crippen LogP contribution in [-0.4, -0.2) is 47.8 Å². The first kappa shape index (κ1) is 15.8. The minimum absolute atomic E-state index is 0.373. The Morgan fingerprint density at radius 3 is 2.29 bits per heavy atom. The fourth-order valence-electron chi connectivity index (χ4n) is 5.06. The van der Waals surface area contributed by atoms with E-state index in [1.807, 2.05) is 0 Å². The van der Waals surface area contributed by atoms with Gasteiger partial charge in [0.25, 0.3) is 0 Å². The molecule has 0 amide bonds. The Morgan fingerprint density at radius 2 is 1.67 bits per heavy atom. The third-order valence-corrected chi connectivity index (χ3v) is 6.38. The van der Waals surface area contributed by atoms with Gasteiger partial charge in [-0.1, -0.05) is 19.3 Å². The van der Waals surface area contributed by atoms with Gasteiger partial charge in [-0.25, -0.2) is 0 Å². The van der Waals surface area contributed by atoms with Gasteiger partial charge in [-0.15, -0.1) is 0 Å². The molecule has 0 aromatic rings. The molecule has 1 aliphatic heterocycles. The van der Waals surface area contributed by atoms with Crippen LogP contribution >= 0.6 is 0 Å². The SMILES string of the molecule is CC(C)N1CC2CCCC(C1)C2NC1CCCCC1CO. The van der Waals surface area contributed by atoms with E-state index in [1.165, 1.54) is 58.0 Å². The third-order valence-electron chi connectivity index (χ3n) is 6.38. The second kappa shape index (κ2) is 6.97. The lowest BCUT2D eigenvalue weighted by atomic mass is 9.72. The first-order chi connectivity index (χ1) is 10.2. The van der Waals surface area contributed by atoms with Crippen LogP contribution in [0.15, 0.2) is 0 Å². The number of rotatable bonds is 4. The van der Waals surface area contributed by atoms with E-state index in [0.29, 0.717) is 30.7 Å². The summed E-state index contributed by atoms with van der Waals surface area (Å²) in [6, 6.07) is 1.97. The van der Waals surface area contributed by atoms with Crippen molar-refractivity contribution in [2.75, 3.05) is 19.7 Å². The molecule has 3 fully saturated rings. The maximum Gasteiger partial charge on any atom is 0.0474 e. The van der Waals surface area contributed by atoms with Crippen LogP contribution in [0.1, 0.15) is 58.8 Å². The van der Waals surface area contributed by atoms with Crippen molar-refractivity contribution < 1.29 is 5.11 Å². The van der Waals surface area contributed by atoms with Crippen LogP contribution in [0.25, 0.3) is 0 Å². The lowest BCUT2D eigenvalue weighted by molar-refractivity contribution is 0.0152. The van der Waals surface area contributed by atoms with Crippen molar-refractivity contribution in [1.82, 2.24) is 10.2 Å². The summed E-state index contributed by atoms with van der Waals surface area (Å²) in [5.74, 6) is 2.17. The largest absolute Gasteiger partial charge is 0.396 e. The molecule has 3 heteroatoms. The number of piperidine rings is 1. The molecule has 21 heavy (non-hydrogen) atoms. The molecule has 2 saturated carbocycles. The van der Waals surface area contributed by atoms with Gasteiger partial charge in [0.15, 0.2) is 0 Å². The number of likely N-dealkylation sites (tertiary alicyclic amines) is 1. The van der Waals surface area contributed by atoms with E-state index in [0.717, 1.165) is 11.8 Å². The van der Waals surface area contributed by atoms with Crippen molar-refractivity contribution in [3.05, 3.63) is 0 Å². The van der Waals surface area contributed by atoms with Crippen molar-refractivity contribution in [1.29, 1.82) is 0 Å². The Hall–Kier alpha value is -0.120. The number of nitrogens with zero attached hydrogens (tertiary/aromatic N) is 1. The Morgan fingerprint density at radius 1 is 1.00 bits per heavy atom. The molecule has 2 bridgehead atoms. The van der Waals surface area contributed by atoms with Gasteiger partial charge in [-0.3, -0.25) is 0 Å². The molecule has 1 heterocycles. The van der Waals surface area contributed by atoms with Gasteiger partial charge in [0.2, 0.25) is 0 Å². The maximum atomic E-state index is 9.66. The van der Waals surface area contributed by atoms with E-state index >= 15 is 0 Å². The fourth-order valence-corrected chi connectivity index (χ4v) is 5.06. The molecule has 1 saturated heterocycles. The van der Waals surface area contributed by atoms with E-state index in [1.54, 1.807) is 0 Å². The second-order valence-corrected chi connectivity index (χ2v) is 8.02. The van der Waals surface area contributed by atoms with E-state index in [4.69, 9.17) is 0 Å². The molecular weight excluding hydrogens is 260 g/mol. The molecule has 3 nitrogen and oxygen atoms in total. The van der Waals surface area contributed by atoms with Gasteiger partial charge in [-0.2, -0.15) is 0 Å². The molecule has 122 valence electrons. The van der Waals surface area contributed by atoms with E-state index in [9.17, 15) is 5.11 Å². The quantitative estimate of drug-likeness (QED) is 0.837. The normalized spacial score (nSPS) is 41.4. The number of nitrogens with one attached hydrogen (secondary N) is 1. The fraction of sp³-hybridized carbons (Fsp3) is 1.00. The van der Waals surface area contributed by atoms with Crippen molar-refractivity contribution in [3.8, 4) is 0 Å². The van der Waals surface area contributed by atoms with Gasteiger partial charge >= 0.3 is 0 Å². The molecule has 3 rings (SSSR count). The first-order valence-corrected chi connectivity index (χ1v) is 9.30. The van der Waals surface area contributed by atoms with E-state index in [2.05, 4.69) is 24.1 Å². The standard InChI is InChI=1S/C18H34N2O/c1-13(2)20-10-14-7-5-8-15(11-20)18(14)19-17-9-4-3-6-16(17)12-21/h13-19,21H,3-12H2,1-2H3. The first-order valence-electron chi connectivity index (χ1n) is 9.30. The lowest BCUT2D eigenvalue weighted by Crippen LogP contribution is -2.61. The molecular formula is C18H34N2O. The topological polar surface area (TPSA) is 35.5 Å². The summed E-state index contributed by atoms with van der Waals surface area (Å²) in [5, 5.41) is 13.7. The van der Waals surface area contributed by atoms with Crippen molar-refractivity contribution >= 4 is 0 Å². The highest BCUT2D eigenvalue weighted by atomic mass is 16.3. The number of hydrogen-bond donors (Lipinski definition) is 2. The van der Waals surface area contributed by atoms with Crippen LogP contribution in [0, 0.1) is 17.8 Å². The number of aliphatic hydroxyl groups is 1. The summed E-state index contributed by atoms with van der Waals surface area (Å²) in [6.07, 6.45) is 9.36. The Labute approximate surface area is 130 Å². The predicted octanol–water partition coefficient (Wildman–Crippen LogP) is 2.64. The van der Waals surface area contributed by atoms with E-state index in [-0.39, 0.29) is 0 Å². The van der Waals surface area contributed by atoms with Crippen molar-refractivity contribution in [2.45, 2.75) is 76.9 Å². The third kappa shape index (κ3) is 3.46.